The molecule has 1 aromatic rings. The minimum absolute atomic E-state index is 0.109. The SMILES string of the molecule is [O-][N+]1=C2CCc3nonc3[C@H]2[C@@H]2CCC[C@@]21N1CCOCC1. The number of morpholine rings is 1. The van der Waals surface area contributed by atoms with Gasteiger partial charge in [0.2, 0.25) is 5.66 Å². The van der Waals surface area contributed by atoms with Gasteiger partial charge in [0.05, 0.1) is 25.0 Å². The van der Waals surface area contributed by atoms with Gasteiger partial charge in [0.15, 0.2) is 5.71 Å². The second-order valence-electron chi connectivity index (χ2n) is 6.84. The summed E-state index contributed by atoms with van der Waals surface area (Å²) >= 11 is 0. The highest BCUT2D eigenvalue weighted by atomic mass is 16.6. The molecule has 4 aliphatic rings. The van der Waals surface area contributed by atoms with Crippen molar-refractivity contribution in [2.75, 3.05) is 26.3 Å². The molecule has 118 valence electrons. The summed E-state index contributed by atoms with van der Waals surface area (Å²) in [6.07, 6.45) is 4.69. The molecule has 0 N–H and O–H groups in total. The summed E-state index contributed by atoms with van der Waals surface area (Å²) in [5.74, 6) is 0.418. The van der Waals surface area contributed by atoms with Crippen molar-refractivity contribution in [2.45, 2.75) is 43.7 Å². The third-order valence-electron chi connectivity index (χ3n) is 6.08. The summed E-state index contributed by atoms with van der Waals surface area (Å²) < 4.78 is 11.8. The Labute approximate surface area is 128 Å². The monoisotopic (exact) mass is 304 g/mol. The van der Waals surface area contributed by atoms with Gasteiger partial charge < -0.3 is 9.94 Å². The van der Waals surface area contributed by atoms with E-state index in [4.69, 9.17) is 9.37 Å². The van der Waals surface area contributed by atoms with E-state index in [0.717, 1.165) is 75.5 Å². The van der Waals surface area contributed by atoms with Crippen LogP contribution in [0.4, 0.5) is 0 Å². The van der Waals surface area contributed by atoms with Crippen molar-refractivity contribution in [2.24, 2.45) is 5.92 Å². The molecule has 7 nitrogen and oxygen atoms in total. The first kappa shape index (κ1) is 13.0. The Bertz CT molecular complexity index is 636. The number of rotatable bonds is 1. The van der Waals surface area contributed by atoms with Gasteiger partial charge in [-0.15, -0.1) is 0 Å². The zero-order chi connectivity index (χ0) is 14.7. The molecule has 0 amide bonds. The molecular weight excluding hydrogens is 284 g/mol. The quantitative estimate of drug-likeness (QED) is 0.566. The summed E-state index contributed by atoms with van der Waals surface area (Å²) in [4.78, 5) is 2.37. The Kier molecular flexibility index (Phi) is 2.67. The molecule has 1 aromatic heterocycles. The fourth-order valence-corrected chi connectivity index (χ4v) is 5.24. The van der Waals surface area contributed by atoms with Crippen LogP contribution in [0.3, 0.4) is 0 Å². The van der Waals surface area contributed by atoms with Crippen LogP contribution in [0.5, 0.6) is 0 Å². The number of aromatic nitrogens is 2. The van der Waals surface area contributed by atoms with Gasteiger partial charge in [-0.05, 0) is 12.8 Å². The molecule has 0 aromatic carbocycles. The van der Waals surface area contributed by atoms with E-state index in [0.29, 0.717) is 5.92 Å². The average molecular weight is 304 g/mol. The van der Waals surface area contributed by atoms with Crippen LogP contribution in [0, 0.1) is 11.1 Å². The van der Waals surface area contributed by atoms with E-state index in [1.54, 1.807) is 0 Å². The Morgan fingerprint density at radius 2 is 2.09 bits per heavy atom. The molecular formula is C15H20N4O3. The van der Waals surface area contributed by atoms with Crippen LogP contribution in [-0.2, 0) is 11.2 Å². The molecule has 5 rings (SSSR count). The summed E-state index contributed by atoms with van der Waals surface area (Å²) in [7, 11) is 0. The number of fused-ring (bicyclic) bond motifs is 5. The molecule has 1 saturated carbocycles. The molecule has 0 unspecified atom stereocenters. The minimum atomic E-state index is -0.385. The fourth-order valence-electron chi connectivity index (χ4n) is 5.24. The number of hydrogen-bond donors (Lipinski definition) is 0. The van der Waals surface area contributed by atoms with Crippen molar-refractivity contribution in [3.63, 3.8) is 0 Å². The topological polar surface area (TPSA) is 77.5 Å². The first-order valence-corrected chi connectivity index (χ1v) is 8.29. The smallest absolute Gasteiger partial charge is 0.233 e. The highest BCUT2D eigenvalue weighted by molar-refractivity contribution is 5.90. The van der Waals surface area contributed by atoms with Gasteiger partial charge in [0.25, 0.3) is 0 Å². The lowest BCUT2D eigenvalue weighted by atomic mass is 9.77. The van der Waals surface area contributed by atoms with Gasteiger partial charge in [0, 0.05) is 32.4 Å². The molecule has 7 heteroatoms. The Morgan fingerprint density at radius 3 is 2.95 bits per heavy atom. The van der Waals surface area contributed by atoms with E-state index in [2.05, 4.69) is 15.2 Å². The maximum atomic E-state index is 13.3. The van der Waals surface area contributed by atoms with E-state index in [-0.39, 0.29) is 11.6 Å². The van der Waals surface area contributed by atoms with Gasteiger partial charge in [-0.2, -0.15) is 4.74 Å². The molecule has 3 heterocycles. The van der Waals surface area contributed by atoms with Gasteiger partial charge >= 0.3 is 0 Å². The predicted molar refractivity (Wildman–Crippen MR) is 76.5 cm³/mol. The summed E-state index contributed by atoms with van der Waals surface area (Å²) in [6.45, 7) is 3.14. The number of aryl methyl sites for hydroxylation is 1. The normalized spacial score (nSPS) is 38.0. The molecule has 2 fully saturated rings. The standard InChI is InChI=1S/C15H20N4O3/c20-19-12-4-3-11-14(17-22-16-11)13(12)10-2-1-5-15(10,19)18-6-8-21-9-7-18/h10,13H,1-9H2/t10-,13-,15-/m0/s1. The van der Waals surface area contributed by atoms with Gasteiger partial charge in [-0.1, -0.05) is 10.3 Å². The van der Waals surface area contributed by atoms with Gasteiger partial charge in [0.1, 0.15) is 11.4 Å². The van der Waals surface area contributed by atoms with Crippen molar-refractivity contribution in [3.05, 3.63) is 16.6 Å². The molecule has 0 radical (unpaired) electrons. The second-order valence-corrected chi connectivity index (χ2v) is 6.84. The number of ether oxygens (including phenoxy) is 1. The molecule has 1 saturated heterocycles. The minimum Gasteiger partial charge on any atom is -0.622 e. The summed E-state index contributed by atoms with van der Waals surface area (Å²) in [5, 5.41) is 21.5. The third kappa shape index (κ3) is 1.46. The number of hydroxylamine groups is 1. The number of nitrogens with zero attached hydrogens (tertiary/aromatic N) is 4. The van der Waals surface area contributed by atoms with Crippen LogP contribution < -0.4 is 0 Å². The number of hydrogen-bond acceptors (Lipinski definition) is 6. The highest BCUT2D eigenvalue weighted by Crippen LogP contribution is 2.54. The maximum Gasteiger partial charge on any atom is 0.233 e. The molecule has 0 bridgehead atoms. The Hall–Kier alpha value is -1.47. The molecule has 2 aliphatic heterocycles. The lowest BCUT2D eigenvalue weighted by Gasteiger charge is -2.41. The van der Waals surface area contributed by atoms with Crippen molar-refractivity contribution >= 4 is 5.71 Å². The van der Waals surface area contributed by atoms with Crippen LogP contribution in [0.2, 0.25) is 0 Å². The highest BCUT2D eigenvalue weighted by Gasteiger charge is 2.66. The van der Waals surface area contributed by atoms with Crippen molar-refractivity contribution in [3.8, 4) is 0 Å². The summed E-state index contributed by atoms with van der Waals surface area (Å²) in [5.41, 5.74) is 2.49. The lowest BCUT2D eigenvalue weighted by molar-refractivity contribution is -0.583. The van der Waals surface area contributed by atoms with E-state index in [1.807, 2.05) is 0 Å². The lowest BCUT2D eigenvalue weighted by Crippen LogP contribution is -2.59. The molecule has 0 spiro atoms. The Balaban J connectivity index is 1.63. The first-order valence-electron chi connectivity index (χ1n) is 8.29. The zero-order valence-electron chi connectivity index (χ0n) is 12.5. The van der Waals surface area contributed by atoms with Crippen LogP contribution >= 0.6 is 0 Å². The third-order valence-corrected chi connectivity index (χ3v) is 6.08. The largest absolute Gasteiger partial charge is 0.622 e. The fraction of sp³-hybridized carbons (Fsp3) is 0.800. The van der Waals surface area contributed by atoms with E-state index in [9.17, 15) is 5.21 Å². The summed E-state index contributed by atoms with van der Waals surface area (Å²) in [6, 6.07) is 0. The van der Waals surface area contributed by atoms with Crippen molar-refractivity contribution in [1.82, 2.24) is 15.2 Å². The van der Waals surface area contributed by atoms with E-state index < -0.39 is 0 Å². The molecule has 3 atom stereocenters. The molecule has 22 heavy (non-hydrogen) atoms. The van der Waals surface area contributed by atoms with Crippen LogP contribution in [0.1, 0.15) is 43.0 Å². The molecule has 2 aliphatic carbocycles. The first-order chi connectivity index (χ1) is 10.8. The van der Waals surface area contributed by atoms with Gasteiger partial charge in [-0.25, -0.2) is 9.53 Å². The zero-order valence-corrected chi connectivity index (χ0v) is 12.5. The van der Waals surface area contributed by atoms with Crippen LogP contribution in [0.15, 0.2) is 4.63 Å². The van der Waals surface area contributed by atoms with Crippen LogP contribution in [0.25, 0.3) is 0 Å². The van der Waals surface area contributed by atoms with Crippen LogP contribution in [-0.4, -0.2) is 57.6 Å². The van der Waals surface area contributed by atoms with Crippen molar-refractivity contribution < 1.29 is 14.1 Å². The average Bonchev–Trinajstić information content (AvgIpc) is 3.24. The Morgan fingerprint density at radius 1 is 1.23 bits per heavy atom. The second kappa shape index (κ2) is 4.52. The van der Waals surface area contributed by atoms with E-state index >= 15 is 0 Å². The maximum absolute atomic E-state index is 13.3. The predicted octanol–water partition coefficient (Wildman–Crippen LogP) is 0.893. The van der Waals surface area contributed by atoms with Gasteiger partial charge in [-0.3, -0.25) is 0 Å². The van der Waals surface area contributed by atoms with E-state index in [1.165, 1.54) is 4.74 Å². The van der Waals surface area contributed by atoms with Crippen molar-refractivity contribution in [1.29, 1.82) is 0 Å².